The lowest BCUT2D eigenvalue weighted by Gasteiger charge is -2.26. The van der Waals surface area contributed by atoms with E-state index in [2.05, 4.69) is 10.0 Å². The number of nitrogens with two attached hydrogens (primary N) is 1. The average molecular weight is 265 g/mol. The minimum atomic E-state index is -3.30. The fraction of sp³-hybridized carbons (Fsp3) is 0.900. The zero-order chi connectivity index (χ0) is 13.9. The van der Waals surface area contributed by atoms with Crippen molar-refractivity contribution in [3.8, 4) is 0 Å². The van der Waals surface area contributed by atoms with Gasteiger partial charge in [0, 0.05) is 12.1 Å². The highest BCUT2D eigenvalue weighted by Crippen LogP contribution is 2.03. The van der Waals surface area contributed by atoms with Crippen LogP contribution in [0, 0.1) is 5.92 Å². The largest absolute Gasteiger partial charge is 0.353 e. The van der Waals surface area contributed by atoms with E-state index in [-0.39, 0.29) is 18.4 Å². The molecule has 0 saturated carbocycles. The van der Waals surface area contributed by atoms with Crippen molar-refractivity contribution in [3.05, 3.63) is 0 Å². The second kappa shape index (κ2) is 5.79. The van der Waals surface area contributed by atoms with E-state index in [9.17, 15) is 13.2 Å². The molecule has 1 atom stereocenters. The third kappa shape index (κ3) is 7.30. The van der Waals surface area contributed by atoms with Gasteiger partial charge in [0.2, 0.25) is 15.9 Å². The Kier molecular flexibility index (Phi) is 5.57. The van der Waals surface area contributed by atoms with Gasteiger partial charge in [0.25, 0.3) is 0 Å². The smallest absolute Gasteiger partial charge is 0.237 e. The summed E-state index contributed by atoms with van der Waals surface area (Å²) >= 11 is 0. The monoisotopic (exact) mass is 265 g/mol. The lowest BCUT2D eigenvalue weighted by Crippen LogP contribution is -2.54. The van der Waals surface area contributed by atoms with Crippen molar-refractivity contribution >= 4 is 15.9 Å². The zero-order valence-electron chi connectivity index (χ0n) is 11.1. The minimum absolute atomic E-state index is 0.0426. The summed E-state index contributed by atoms with van der Waals surface area (Å²) in [5, 5.41) is 2.64. The summed E-state index contributed by atoms with van der Waals surface area (Å²) in [6, 6.07) is -0.580. The summed E-state index contributed by atoms with van der Waals surface area (Å²) in [4.78, 5) is 11.6. The number of rotatable bonds is 6. The fourth-order valence-corrected chi connectivity index (χ4v) is 2.34. The zero-order valence-corrected chi connectivity index (χ0v) is 11.9. The topological polar surface area (TPSA) is 101 Å². The highest BCUT2D eigenvalue weighted by atomic mass is 32.2. The Morgan fingerprint density at radius 2 is 1.82 bits per heavy atom. The van der Waals surface area contributed by atoms with Crippen LogP contribution in [0.2, 0.25) is 0 Å². The van der Waals surface area contributed by atoms with Crippen LogP contribution in [0.4, 0.5) is 0 Å². The molecular formula is C10H23N3O3S. The van der Waals surface area contributed by atoms with E-state index in [0.717, 1.165) is 6.26 Å². The summed E-state index contributed by atoms with van der Waals surface area (Å²) < 4.78 is 24.6. The fourth-order valence-electron chi connectivity index (χ4n) is 1.27. The van der Waals surface area contributed by atoms with Crippen LogP contribution in [0.5, 0.6) is 0 Å². The summed E-state index contributed by atoms with van der Waals surface area (Å²) in [6.45, 7) is 7.28. The van der Waals surface area contributed by atoms with Gasteiger partial charge in [0.05, 0.1) is 12.3 Å². The van der Waals surface area contributed by atoms with Crippen molar-refractivity contribution < 1.29 is 13.2 Å². The van der Waals surface area contributed by atoms with Gasteiger partial charge >= 0.3 is 0 Å². The molecule has 0 fully saturated rings. The third-order valence-corrected chi connectivity index (χ3v) is 3.11. The van der Waals surface area contributed by atoms with Crippen LogP contribution in [0.1, 0.15) is 27.7 Å². The van der Waals surface area contributed by atoms with Gasteiger partial charge in [-0.05, 0) is 19.8 Å². The first-order valence-electron chi connectivity index (χ1n) is 5.47. The van der Waals surface area contributed by atoms with Crippen molar-refractivity contribution in [1.82, 2.24) is 10.0 Å². The Morgan fingerprint density at radius 1 is 1.35 bits per heavy atom. The normalized spacial score (nSPS) is 14.8. The summed E-state index contributed by atoms with van der Waals surface area (Å²) in [6.07, 6.45) is 1.08. The molecule has 102 valence electrons. The summed E-state index contributed by atoms with van der Waals surface area (Å²) in [5.41, 5.74) is 4.93. The Morgan fingerprint density at radius 3 is 2.18 bits per heavy atom. The van der Waals surface area contributed by atoms with E-state index in [1.54, 1.807) is 13.8 Å². The van der Waals surface area contributed by atoms with Crippen molar-refractivity contribution in [2.75, 3.05) is 12.8 Å². The van der Waals surface area contributed by atoms with Crippen LogP contribution in [0.15, 0.2) is 0 Å². The SMILES string of the molecule is CC(C)[C@H](N)C(=O)NCC(C)(C)NS(C)(=O)=O. The van der Waals surface area contributed by atoms with Gasteiger partial charge in [-0.15, -0.1) is 0 Å². The molecule has 0 aromatic heterocycles. The molecule has 6 nitrogen and oxygen atoms in total. The Bertz CT molecular complexity index is 363. The van der Waals surface area contributed by atoms with Crippen LogP contribution < -0.4 is 15.8 Å². The summed E-state index contributed by atoms with van der Waals surface area (Å²) in [5.74, 6) is -0.232. The molecule has 17 heavy (non-hydrogen) atoms. The molecule has 0 unspecified atom stereocenters. The lowest BCUT2D eigenvalue weighted by molar-refractivity contribution is -0.123. The van der Waals surface area contributed by atoms with Crippen molar-refractivity contribution in [2.45, 2.75) is 39.3 Å². The number of nitrogens with one attached hydrogen (secondary N) is 2. The predicted octanol–water partition coefficient (Wildman–Crippen LogP) is -0.586. The maximum atomic E-state index is 11.6. The highest BCUT2D eigenvalue weighted by molar-refractivity contribution is 7.88. The van der Waals surface area contributed by atoms with Crippen molar-refractivity contribution in [3.63, 3.8) is 0 Å². The molecule has 0 radical (unpaired) electrons. The van der Waals surface area contributed by atoms with Crippen LogP contribution in [-0.2, 0) is 14.8 Å². The van der Waals surface area contributed by atoms with Crippen LogP contribution in [-0.4, -0.2) is 38.7 Å². The van der Waals surface area contributed by atoms with Gasteiger partial charge in [-0.25, -0.2) is 13.1 Å². The second-order valence-corrected chi connectivity index (χ2v) is 6.99. The van der Waals surface area contributed by atoms with Crippen LogP contribution in [0.25, 0.3) is 0 Å². The Balaban J connectivity index is 4.33. The molecule has 1 amide bonds. The average Bonchev–Trinajstić information content (AvgIpc) is 2.09. The minimum Gasteiger partial charge on any atom is -0.353 e. The van der Waals surface area contributed by atoms with Crippen LogP contribution >= 0.6 is 0 Å². The first-order valence-corrected chi connectivity index (χ1v) is 7.36. The van der Waals surface area contributed by atoms with E-state index in [4.69, 9.17) is 5.73 Å². The van der Waals surface area contributed by atoms with Crippen molar-refractivity contribution in [1.29, 1.82) is 0 Å². The molecular weight excluding hydrogens is 242 g/mol. The third-order valence-electron chi connectivity index (χ3n) is 2.19. The van der Waals surface area contributed by atoms with Crippen LogP contribution in [0.3, 0.4) is 0 Å². The number of carbonyl (C=O) groups is 1. The molecule has 7 heteroatoms. The molecule has 0 aromatic rings. The maximum absolute atomic E-state index is 11.6. The van der Waals surface area contributed by atoms with Gasteiger partial charge in [0.1, 0.15) is 0 Å². The predicted molar refractivity (Wildman–Crippen MR) is 67.9 cm³/mol. The molecule has 0 aliphatic heterocycles. The number of amides is 1. The molecule has 0 rings (SSSR count). The molecule has 0 aliphatic carbocycles. The van der Waals surface area contributed by atoms with Gasteiger partial charge in [-0.1, -0.05) is 13.8 Å². The van der Waals surface area contributed by atoms with Gasteiger partial charge in [0.15, 0.2) is 0 Å². The Hall–Kier alpha value is -0.660. The van der Waals surface area contributed by atoms with E-state index < -0.39 is 21.6 Å². The first kappa shape index (κ1) is 16.3. The van der Waals surface area contributed by atoms with E-state index in [0.29, 0.717) is 0 Å². The molecule has 0 spiro atoms. The number of carbonyl (C=O) groups excluding carboxylic acids is 1. The molecule has 0 aromatic carbocycles. The van der Waals surface area contributed by atoms with Gasteiger partial charge in [-0.3, -0.25) is 4.79 Å². The second-order valence-electron chi connectivity index (χ2n) is 5.25. The first-order chi connectivity index (χ1) is 7.44. The molecule has 0 saturated heterocycles. The Labute approximate surface area is 103 Å². The molecule has 4 N–H and O–H groups in total. The van der Waals surface area contributed by atoms with Gasteiger partial charge < -0.3 is 11.1 Å². The number of hydrogen-bond acceptors (Lipinski definition) is 4. The van der Waals surface area contributed by atoms with E-state index in [1.807, 2.05) is 13.8 Å². The van der Waals surface area contributed by atoms with E-state index in [1.165, 1.54) is 0 Å². The number of hydrogen-bond donors (Lipinski definition) is 3. The molecule has 0 bridgehead atoms. The summed E-state index contributed by atoms with van der Waals surface area (Å²) in [7, 11) is -3.30. The standard InChI is InChI=1S/C10H23N3O3S/c1-7(2)8(11)9(14)12-6-10(3,4)13-17(5,15)16/h7-8,13H,6,11H2,1-5H3,(H,12,14)/t8-/m0/s1. The molecule has 0 heterocycles. The van der Waals surface area contributed by atoms with E-state index >= 15 is 0 Å². The highest BCUT2D eigenvalue weighted by Gasteiger charge is 2.24. The quantitative estimate of drug-likeness (QED) is 0.597. The molecule has 0 aliphatic rings. The van der Waals surface area contributed by atoms with Crippen molar-refractivity contribution in [2.24, 2.45) is 11.7 Å². The number of sulfonamides is 1. The lowest BCUT2D eigenvalue weighted by atomic mass is 10.0. The maximum Gasteiger partial charge on any atom is 0.237 e. The van der Waals surface area contributed by atoms with Gasteiger partial charge in [-0.2, -0.15) is 0 Å².